The number of azide groups is 1. The van der Waals surface area contributed by atoms with Crippen LogP contribution in [0.4, 0.5) is 14.5 Å². The molecule has 3 rings (SSSR count). The van der Waals surface area contributed by atoms with E-state index in [1.54, 1.807) is 18.5 Å². The monoisotopic (exact) mass is 302 g/mol. The van der Waals surface area contributed by atoms with Gasteiger partial charge in [0.2, 0.25) is 11.9 Å². The minimum Gasteiger partial charge on any atom is -0.228 e. The Kier molecular flexibility index (Phi) is 5.05. The second kappa shape index (κ2) is 7.41. The Labute approximate surface area is 122 Å². The van der Waals surface area contributed by atoms with Crippen molar-refractivity contribution in [2.45, 2.75) is 0 Å². The highest BCUT2D eigenvalue weighted by Crippen LogP contribution is 2.08. The van der Waals surface area contributed by atoms with Crippen molar-refractivity contribution in [2.24, 2.45) is 5.11 Å². The van der Waals surface area contributed by atoms with Gasteiger partial charge in [-0.15, -0.1) is 5.10 Å². The first-order valence-electron chi connectivity index (χ1n) is 5.84. The first-order valence-corrected chi connectivity index (χ1v) is 5.84. The van der Waals surface area contributed by atoms with Crippen LogP contribution < -0.4 is 0 Å². The summed E-state index contributed by atoms with van der Waals surface area (Å²) in [5.41, 5.74) is 8.92. The van der Waals surface area contributed by atoms with Gasteiger partial charge in [0.25, 0.3) is 0 Å². The number of hydrogen-bond donors (Lipinski definition) is 0. The van der Waals surface area contributed by atoms with Crippen molar-refractivity contribution in [3.8, 4) is 5.69 Å². The van der Waals surface area contributed by atoms with Gasteiger partial charge in [0, 0.05) is 11.1 Å². The van der Waals surface area contributed by atoms with Gasteiger partial charge in [-0.2, -0.15) is 8.78 Å². The van der Waals surface area contributed by atoms with Crippen LogP contribution in [0.3, 0.4) is 0 Å². The molecule has 0 saturated carbocycles. The average molecular weight is 302 g/mol. The van der Waals surface area contributed by atoms with Gasteiger partial charge in [-0.05, 0) is 29.8 Å². The molecule has 0 radical (unpaired) electrons. The molecule has 0 bridgehead atoms. The van der Waals surface area contributed by atoms with Crippen LogP contribution in [-0.4, -0.2) is 25.0 Å². The largest absolute Gasteiger partial charge is 0.228 e. The van der Waals surface area contributed by atoms with Crippen LogP contribution in [0.25, 0.3) is 16.1 Å². The summed E-state index contributed by atoms with van der Waals surface area (Å²) in [6.45, 7) is 0. The third kappa shape index (κ3) is 4.32. The van der Waals surface area contributed by atoms with Crippen molar-refractivity contribution in [1.82, 2.24) is 25.0 Å². The Bertz CT molecular complexity index is 749. The Morgan fingerprint density at radius 3 is 2.27 bits per heavy atom. The molecule has 0 saturated heterocycles. The Morgan fingerprint density at radius 2 is 1.77 bits per heavy atom. The van der Waals surface area contributed by atoms with Gasteiger partial charge in [-0.1, -0.05) is 10.3 Å². The van der Waals surface area contributed by atoms with Gasteiger partial charge in [0.15, 0.2) is 0 Å². The van der Waals surface area contributed by atoms with Crippen molar-refractivity contribution < 1.29 is 8.78 Å². The number of hydrogen-bond acceptors (Lipinski definition) is 5. The van der Waals surface area contributed by atoms with Crippen molar-refractivity contribution in [3.63, 3.8) is 0 Å². The number of aromatic nitrogens is 5. The van der Waals surface area contributed by atoms with Crippen LogP contribution >= 0.6 is 0 Å². The lowest BCUT2D eigenvalue weighted by molar-refractivity contribution is 0.582. The van der Waals surface area contributed by atoms with E-state index in [1.165, 1.54) is 23.0 Å². The SMILES string of the molecule is Fc1ccc(-n2ccnn2)cn1.[N-]=[N+]=Nc1ccc(F)nc1. The van der Waals surface area contributed by atoms with E-state index in [0.717, 1.165) is 12.3 Å². The molecule has 0 spiro atoms. The number of nitrogens with zero attached hydrogens (tertiary/aromatic N) is 8. The van der Waals surface area contributed by atoms with E-state index in [2.05, 4.69) is 30.3 Å². The van der Waals surface area contributed by atoms with Crippen LogP contribution in [-0.2, 0) is 0 Å². The number of rotatable bonds is 2. The molecule has 0 aliphatic rings. The quantitative estimate of drug-likeness (QED) is 0.314. The molecule has 110 valence electrons. The molecule has 0 aliphatic carbocycles. The molecule has 0 aliphatic heterocycles. The molecule has 0 N–H and O–H groups in total. The van der Waals surface area contributed by atoms with Crippen molar-refractivity contribution in [3.05, 3.63) is 71.4 Å². The fourth-order valence-electron chi connectivity index (χ4n) is 1.33. The molecule has 0 fully saturated rings. The molecule has 0 unspecified atom stereocenters. The lowest BCUT2D eigenvalue weighted by Gasteiger charge is -1.96. The Balaban J connectivity index is 0.000000164. The number of halogens is 2. The Hall–Kier alpha value is -3.39. The van der Waals surface area contributed by atoms with Gasteiger partial charge >= 0.3 is 0 Å². The minimum atomic E-state index is -0.586. The van der Waals surface area contributed by atoms with E-state index < -0.39 is 11.9 Å². The molecular weight excluding hydrogens is 294 g/mol. The summed E-state index contributed by atoms with van der Waals surface area (Å²) in [7, 11) is 0. The summed E-state index contributed by atoms with van der Waals surface area (Å²) in [5, 5.41) is 10.5. The molecular formula is C12H8F2N8. The average Bonchev–Trinajstić information content (AvgIpc) is 3.06. The van der Waals surface area contributed by atoms with Gasteiger partial charge in [0.1, 0.15) is 0 Å². The fourth-order valence-corrected chi connectivity index (χ4v) is 1.33. The van der Waals surface area contributed by atoms with Crippen LogP contribution in [0.5, 0.6) is 0 Å². The zero-order chi connectivity index (χ0) is 15.8. The van der Waals surface area contributed by atoms with Gasteiger partial charge < -0.3 is 0 Å². The van der Waals surface area contributed by atoms with E-state index in [0.29, 0.717) is 11.4 Å². The predicted molar refractivity (Wildman–Crippen MR) is 72.1 cm³/mol. The molecule has 8 nitrogen and oxygen atoms in total. The van der Waals surface area contributed by atoms with E-state index in [1.807, 2.05) is 0 Å². The summed E-state index contributed by atoms with van der Waals surface area (Å²) in [4.78, 5) is 9.24. The summed E-state index contributed by atoms with van der Waals surface area (Å²) >= 11 is 0. The first-order chi connectivity index (χ1) is 10.7. The summed E-state index contributed by atoms with van der Waals surface area (Å²) in [6.07, 6.45) is 5.76. The maximum atomic E-state index is 12.4. The smallest absolute Gasteiger partial charge is 0.212 e. The molecule has 3 aromatic heterocycles. The van der Waals surface area contributed by atoms with E-state index >= 15 is 0 Å². The van der Waals surface area contributed by atoms with E-state index in [9.17, 15) is 8.78 Å². The molecule has 22 heavy (non-hydrogen) atoms. The Morgan fingerprint density at radius 1 is 1.05 bits per heavy atom. The van der Waals surface area contributed by atoms with E-state index in [4.69, 9.17) is 5.53 Å². The summed E-state index contributed by atoms with van der Waals surface area (Å²) in [5.74, 6) is -1.09. The lowest BCUT2D eigenvalue weighted by atomic mass is 10.4. The molecule has 10 heteroatoms. The highest BCUT2D eigenvalue weighted by atomic mass is 19.1. The number of pyridine rings is 2. The normalized spacial score (nSPS) is 9.36. The highest BCUT2D eigenvalue weighted by molar-refractivity contribution is 5.31. The third-order valence-corrected chi connectivity index (χ3v) is 2.27. The van der Waals surface area contributed by atoms with E-state index in [-0.39, 0.29) is 0 Å². The van der Waals surface area contributed by atoms with Gasteiger partial charge in [-0.25, -0.2) is 14.6 Å². The lowest BCUT2D eigenvalue weighted by Crippen LogP contribution is -1.96. The molecule has 0 amide bonds. The fraction of sp³-hybridized carbons (Fsp3) is 0. The maximum Gasteiger partial charge on any atom is 0.212 e. The molecule has 0 atom stereocenters. The minimum absolute atomic E-state index is 0.309. The predicted octanol–water partition coefficient (Wildman–Crippen LogP) is 2.96. The van der Waals surface area contributed by atoms with Gasteiger partial charge in [0.05, 0.1) is 30.0 Å². The second-order valence-corrected chi connectivity index (χ2v) is 3.72. The molecule has 3 heterocycles. The molecule has 0 aromatic carbocycles. The van der Waals surface area contributed by atoms with Gasteiger partial charge in [-0.3, -0.25) is 0 Å². The topological polar surface area (TPSA) is 105 Å². The first kappa shape index (κ1) is 15.0. The summed E-state index contributed by atoms with van der Waals surface area (Å²) in [6, 6.07) is 5.33. The van der Waals surface area contributed by atoms with Crippen molar-refractivity contribution in [2.75, 3.05) is 0 Å². The molecule has 3 aromatic rings. The highest BCUT2D eigenvalue weighted by Gasteiger charge is 1.96. The zero-order valence-electron chi connectivity index (χ0n) is 11.0. The van der Waals surface area contributed by atoms with Crippen molar-refractivity contribution >= 4 is 5.69 Å². The van der Waals surface area contributed by atoms with Crippen LogP contribution in [0.15, 0.2) is 54.2 Å². The third-order valence-electron chi connectivity index (χ3n) is 2.27. The van der Waals surface area contributed by atoms with Crippen LogP contribution in [0.2, 0.25) is 0 Å². The second-order valence-electron chi connectivity index (χ2n) is 3.72. The van der Waals surface area contributed by atoms with Crippen molar-refractivity contribution in [1.29, 1.82) is 0 Å². The standard InChI is InChI=1S/C7H5FN4.C5H3FN4/c8-7-2-1-6(5-9-7)12-4-3-10-11-12;6-5-2-1-4(3-8-5)9-10-7/h1-5H;1-3H. The maximum absolute atomic E-state index is 12.4. The summed E-state index contributed by atoms with van der Waals surface area (Å²) < 4.78 is 26.0. The van der Waals surface area contributed by atoms with Crippen LogP contribution in [0.1, 0.15) is 0 Å². The van der Waals surface area contributed by atoms with Crippen LogP contribution in [0, 0.1) is 11.9 Å². The zero-order valence-corrected chi connectivity index (χ0v) is 11.0.